The van der Waals surface area contributed by atoms with Gasteiger partial charge in [0.1, 0.15) is 5.78 Å². The van der Waals surface area contributed by atoms with Crippen LogP contribution in [-0.2, 0) is 16.6 Å². The Balaban J connectivity index is 0.000000233. The molecule has 1 aliphatic heterocycles. The fraction of sp³-hybridized carbons (Fsp3) is 0.552. The second-order valence-corrected chi connectivity index (χ2v) is 10.3. The van der Waals surface area contributed by atoms with E-state index in [2.05, 4.69) is 92.9 Å². The zero-order valence-electron chi connectivity index (χ0n) is 21.4. The van der Waals surface area contributed by atoms with Crippen molar-refractivity contribution in [1.29, 1.82) is 0 Å². The van der Waals surface area contributed by atoms with Gasteiger partial charge in [0.05, 0.1) is 6.54 Å². The van der Waals surface area contributed by atoms with E-state index in [1.165, 1.54) is 61.2 Å². The molecule has 1 fully saturated rings. The summed E-state index contributed by atoms with van der Waals surface area (Å²) in [7, 11) is 1.99. The monoisotopic (exact) mass is 436 g/mol. The first-order valence-corrected chi connectivity index (χ1v) is 12.3. The molecule has 3 heteroatoms. The summed E-state index contributed by atoms with van der Waals surface area (Å²) in [5, 5.41) is 0. The van der Waals surface area contributed by atoms with Crippen LogP contribution in [0, 0.1) is 0 Å². The maximum absolute atomic E-state index is 11.1. The Morgan fingerprint density at radius 3 is 2.03 bits per heavy atom. The number of aryl methyl sites for hydroxylation is 1. The Morgan fingerprint density at radius 1 is 1.00 bits per heavy atom. The van der Waals surface area contributed by atoms with Gasteiger partial charge in [-0.15, -0.1) is 0 Å². The van der Waals surface area contributed by atoms with E-state index in [0.717, 1.165) is 0 Å². The summed E-state index contributed by atoms with van der Waals surface area (Å²) in [6.45, 7) is 15.6. The number of anilines is 1. The minimum Gasteiger partial charge on any atom is -0.372 e. The fourth-order valence-electron chi connectivity index (χ4n) is 4.14. The molecular formula is C29H44N2O. The van der Waals surface area contributed by atoms with Crippen molar-refractivity contribution in [3.8, 4) is 0 Å². The van der Waals surface area contributed by atoms with Gasteiger partial charge >= 0.3 is 0 Å². The lowest BCUT2D eigenvalue weighted by Gasteiger charge is -2.25. The van der Waals surface area contributed by atoms with Crippen LogP contribution in [0.5, 0.6) is 0 Å². The van der Waals surface area contributed by atoms with E-state index in [4.69, 9.17) is 0 Å². The van der Waals surface area contributed by atoms with Gasteiger partial charge in [-0.05, 0) is 74.4 Å². The molecule has 1 unspecified atom stereocenters. The topological polar surface area (TPSA) is 23.6 Å². The maximum Gasteiger partial charge on any atom is 0.143 e. The van der Waals surface area contributed by atoms with Crippen LogP contribution in [0.1, 0.15) is 83.5 Å². The number of benzene rings is 2. The third-order valence-electron chi connectivity index (χ3n) is 6.34. The van der Waals surface area contributed by atoms with Gasteiger partial charge < -0.3 is 4.90 Å². The van der Waals surface area contributed by atoms with Crippen LogP contribution >= 0.6 is 0 Å². The van der Waals surface area contributed by atoms with Crippen molar-refractivity contribution in [2.75, 3.05) is 31.6 Å². The lowest BCUT2D eigenvalue weighted by molar-refractivity contribution is -0.118. The number of rotatable bonds is 7. The van der Waals surface area contributed by atoms with Gasteiger partial charge in [-0.25, -0.2) is 0 Å². The molecule has 0 aliphatic carbocycles. The van der Waals surface area contributed by atoms with Crippen molar-refractivity contribution in [2.45, 2.75) is 78.7 Å². The molecular weight excluding hydrogens is 392 g/mol. The molecule has 0 spiro atoms. The van der Waals surface area contributed by atoms with Crippen molar-refractivity contribution in [1.82, 2.24) is 4.90 Å². The molecule has 0 aromatic heterocycles. The first-order chi connectivity index (χ1) is 15.1. The van der Waals surface area contributed by atoms with Gasteiger partial charge in [0.25, 0.3) is 0 Å². The van der Waals surface area contributed by atoms with Crippen LogP contribution in [0.4, 0.5) is 5.69 Å². The van der Waals surface area contributed by atoms with Gasteiger partial charge in [0, 0.05) is 24.8 Å². The van der Waals surface area contributed by atoms with Gasteiger partial charge in [-0.3, -0.25) is 9.69 Å². The highest BCUT2D eigenvalue weighted by Crippen LogP contribution is 2.25. The van der Waals surface area contributed by atoms with E-state index in [1.807, 2.05) is 7.05 Å². The average molecular weight is 437 g/mol. The number of likely N-dealkylation sites (N-methyl/N-ethyl adjacent to an activating group) is 1. The zero-order chi connectivity index (χ0) is 23.7. The normalized spacial score (nSPS) is 14.8. The lowest BCUT2D eigenvalue weighted by Crippen LogP contribution is -2.27. The van der Waals surface area contributed by atoms with E-state index in [0.29, 0.717) is 6.54 Å². The number of nitrogens with zero attached hydrogens (tertiary/aromatic N) is 2. The van der Waals surface area contributed by atoms with Crippen molar-refractivity contribution >= 4 is 11.5 Å². The number of ketones is 1. The summed E-state index contributed by atoms with van der Waals surface area (Å²) in [4.78, 5) is 15.7. The molecule has 0 saturated carbocycles. The van der Waals surface area contributed by atoms with Crippen molar-refractivity contribution in [2.24, 2.45) is 0 Å². The zero-order valence-corrected chi connectivity index (χ0v) is 21.4. The summed E-state index contributed by atoms with van der Waals surface area (Å²) in [6.07, 6.45) is 5.16. The molecule has 3 nitrogen and oxygen atoms in total. The minimum absolute atomic E-state index is 0.188. The summed E-state index contributed by atoms with van der Waals surface area (Å²) in [5.41, 5.74) is 5.66. The molecule has 1 atom stereocenters. The summed E-state index contributed by atoms with van der Waals surface area (Å²) in [5.74, 6) is 0.204. The Hall–Kier alpha value is -2.13. The van der Waals surface area contributed by atoms with Gasteiger partial charge in [-0.1, -0.05) is 70.5 Å². The highest BCUT2D eigenvalue weighted by Gasteiger charge is 2.16. The van der Waals surface area contributed by atoms with Gasteiger partial charge in [0.15, 0.2) is 0 Å². The highest BCUT2D eigenvalue weighted by molar-refractivity contribution is 5.77. The molecule has 2 aromatic carbocycles. The third kappa shape index (κ3) is 8.09. The molecule has 3 rings (SSSR count). The van der Waals surface area contributed by atoms with Crippen LogP contribution < -0.4 is 4.90 Å². The maximum atomic E-state index is 11.1. The standard InChI is InChI=1S/C16H25NO.C13H19N/c1-12(18)11-17(6)13(2)14-7-9-15(10-8-14)16(3,4)5;1-2-5-12-6-8-13(9-7-12)14-10-3-4-11-14/h7-10,13H,11H2,1-6H3;6-9H,2-5,10-11H2,1H3. The van der Waals surface area contributed by atoms with Crippen LogP contribution in [0.3, 0.4) is 0 Å². The molecule has 0 N–H and O–H groups in total. The molecule has 0 amide bonds. The van der Waals surface area contributed by atoms with E-state index < -0.39 is 0 Å². The second kappa shape index (κ2) is 12.2. The Labute approximate surface area is 196 Å². The minimum atomic E-state index is 0.188. The number of hydrogen-bond acceptors (Lipinski definition) is 3. The number of carbonyl (C=O) groups excluding carboxylic acids is 1. The van der Waals surface area contributed by atoms with E-state index >= 15 is 0 Å². The Morgan fingerprint density at radius 2 is 1.56 bits per heavy atom. The third-order valence-corrected chi connectivity index (χ3v) is 6.34. The van der Waals surface area contributed by atoms with Crippen molar-refractivity contribution < 1.29 is 4.79 Å². The van der Waals surface area contributed by atoms with Crippen molar-refractivity contribution in [3.63, 3.8) is 0 Å². The van der Waals surface area contributed by atoms with Gasteiger partial charge in [-0.2, -0.15) is 0 Å². The molecule has 1 aliphatic rings. The number of Topliss-reactive ketones (excluding diaryl/α,β-unsaturated/α-hetero) is 1. The quantitative estimate of drug-likeness (QED) is 0.476. The molecule has 0 bridgehead atoms. The van der Waals surface area contributed by atoms with Crippen LogP contribution in [-0.4, -0.2) is 37.4 Å². The summed E-state index contributed by atoms with van der Waals surface area (Å²) < 4.78 is 0. The average Bonchev–Trinajstić information content (AvgIpc) is 3.28. The van der Waals surface area contributed by atoms with E-state index in [1.54, 1.807) is 6.92 Å². The number of carbonyl (C=O) groups is 1. The largest absolute Gasteiger partial charge is 0.372 e. The first kappa shape index (κ1) is 26.1. The SMILES string of the molecule is CC(=O)CN(C)C(C)c1ccc(C(C)(C)C)cc1.CCCc1ccc(N2CCCC2)cc1. The van der Waals surface area contributed by atoms with Crippen LogP contribution in [0.15, 0.2) is 48.5 Å². The predicted molar refractivity (Wildman–Crippen MR) is 139 cm³/mol. The molecule has 176 valence electrons. The van der Waals surface area contributed by atoms with Crippen molar-refractivity contribution in [3.05, 3.63) is 65.2 Å². The summed E-state index contributed by atoms with van der Waals surface area (Å²) >= 11 is 0. The van der Waals surface area contributed by atoms with Crippen LogP contribution in [0.2, 0.25) is 0 Å². The van der Waals surface area contributed by atoms with E-state index in [-0.39, 0.29) is 17.2 Å². The molecule has 1 saturated heterocycles. The predicted octanol–water partition coefficient (Wildman–Crippen LogP) is 6.81. The van der Waals surface area contributed by atoms with Crippen LogP contribution in [0.25, 0.3) is 0 Å². The smallest absolute Gasteiger partial charge is 0.143 e. The molecule has 32 heavy (non-hydrogen) atoms. The summed E-state index contributed by atoms with van der Waals surface area (Å²) in [6, 6.07) is 18.1. The number of hydrogen-bond donors (Lipinski definition) is 0. The highest BCUT2D eigenvalue weighted by atomic mass is 16.1. The lowest BCUT2D eigenvalue weighted by atomic mass is 9.86. The molecule has 1 heterocycles. The first-order valence-electron chi connectivity index (χ1n) is 12.3. The second-order valence-electron chi connectivity index (χ2n) is 10.3. The van der Waals surface area contributed by atoms with Gasteiger partial charge in [0.2, 0.25) is 0 Å². The van der Waals surface area contributed by atoms with E-state index in [9.17, 15) is 4.79 Å². The molecule has 2 aromatic rings. The fourth-order valence-corrected chi connectivity index (χ4v) is 4.14. The molecule has 0 radical (unpaired) electrons. The Kier molecular flexibility index (Phi) is 9.96. The Bertz CT molecular complexity index is 812.